The van der Waals surface area contributed by atoms with Gasteiger partial charge >= 0.3 is 0 Å². The van der Waals surface area contributed by atoms with Crippen molar-refractivity contribution in [2.75, 3.05) is 6.61 Å². The van der Waals surface area contributed by atoms with Crippen molar-refractivity contribution < 1.29 is 4.74 Å². The van der Waals surface area contributed by atoms with Crippen molar-refractivity contribution in [1.82, 2.24) is 0 Å². The lowest BCUT2D eigenvalue weighted by Gasteiger charge is -2.24. The molecule has 1 aliphatic rings. The molecule has 0 aliphatic carbocycles. The van der Waals surface area contributed by atoms with Gasteiger partial charge in [0.15, 0.2) is 0 Å². The summed E-state index contributed by atoms with van der Waals surface area (Å²) in [5, 5.41) is 0. The first-order valence-electron chi connectivity index (χ1n) is 3.28. The van der Waals surface area contributed by atoms with Crippen LogP contribution in [0.25, 0.3) is 0 Å². The third-order valence-electron chi connectivity index (χ3n) is 1.39. The van der Waals surface area contributed by atoms with Gasteiger partial charge in [-0.1, -0.05) is 0 Å². The maximum Gasteiger partial charge on any atom is 0.0638 e. The van der Waals surface area contributed by atoms with Gasteiger partial charge < -0.3 is 4.74 Å². The van der Waals surface area contributed by atoms with Gasteiger partial charge in [-0.15, -0.1) is 11.8 Å². The fraction of sp³-hybridized carbons (Fsp3) is 0.625. The smallest absolute Gasteiger partial charge is 0.0638 e. The van der Waals surface area contributed by atoms with Crippen LogP contribution in [0.5, 0.6) is 0 Å². The Hall–Kier alpha value is -0.480. The van der Waals surface area contributed by atoms with Gasteiger partial charge in [-0.3, -0.25) is 0 Å². The van der Waals surface area contributed by atoms with Gasteiger partial charge in [-0.25, -0.2) is 0 Å². The molecule has 1 aliphatic heterocycles. The number of rotatable bonds is 2. The van der Waals surface area contributed by atoms with Crippen molar-refractivity contribution in [1.29, 1.82) is 0 Å². The second kappa shape index (κ2) is 3.53. The average Bonchev–Trinajstić information content (AvgIpc) is 1.76. The number of hydrogen-bond donors (Lipinski definition) is 0. The van der Waals surface area contributed by atoms with Gasteiger partial charge in [0.05, 0.1) is 6.10 Å². The van der Waals surface area contributed by atoms with E-state index in [1.54, 1.807) is 0 Å². The third kappa shape index (κ3) is 2.07. The molecule has 49 valence electrons. The second-order valence-electron chi connectivity index (χ2n) is 2.06. The molecular weight excluding hydrogens is 112 g/mol. The van der Waals surface area contributed by atoms with Crippen molar-refractivity contribution in [3.05, 3.63) is 6.42 Å². The Kier molecular flexibility index (Phi) is 2.60. The van der Waals surface area contributed by atoms with Crippen molar-refractivity contribution >= 4 is 0 Å². The molecule has 1 fully saturated rings. The van der Waals surface area contributed by atoms with E-state index in [0.29, 0.717) is 6.10 Å². The Morgan fingerprint density at radius 1 is 1.78 bits per heavy atom. The Balaban J connectivity index is 1.95. The summed E-state index contributed by atoms with van der Waals surface area (Å²) >= 11 is 0. The molecule has 1 unspecified atom stereocenters. The molecular formula is C8H11O. The molecule has 1 heteroatoms. The minimum absolute atomic E-state index is 0.408. The zero-order valence-electron chi connectivity index (χ0n) is 5.68. The van der Waals surface area contributed by atoms with E-state index in [9.17, 15) is 0 Å². The van der Waals surface area contributed by atoms with Crippen LogP contribution >= 0.6 is 0 Å². The van der Waals surface area contributed by atoms with Crippen LogP contribution in [0, 0.1) is 18.3 Å². The highest BCUT2D eigenvalue weighted by Gasteiger charge is 2.16. The summed E-state index contributed by atoms with van der Waals surface area (Å²) in [5.41, 5.74) is 0. The largest absolute Gasteiger partial charge is 0.378 e. The molecule has 0 aromatic carbocycles. The second-order valence-corrected chi connectivity index (χ2v) is 2.06. The SMILES string of the molecule is CC#CC[CH]C1CCO1. The molecule has 0 bridgehead atoms. The fourth-order valence-electron chi connectivity index (χ4n) is 0.732. The summed E-state index contributed by atoms with van der Waals surface area (Å²) in [7, 11) is 0. The van der Waals surface area contributed by atoms with Crippen LogP contribution in [0.4, 0.5) is 0 Å². The van der Waals surface area contributed by atoms with Gasteiger partial charge in [0.1, 0.15) is 0 Å². The van der Waals surface area contributed by atoms with Crippen molar-refractivity contribution in [2.45, 2.75) is 25.9 Å². The zero-order chi connectivity index (χ0) is 6.53. The van der Waals surface area contributed by atoms with Gasteiger partial charge in [-0.05, 0) is 13.3 Å². The van der Waals surface area contributed by atoms with Gasteiger partial charge in [0, 0.05) is 19.4 Å². The molecule has 0 aromatic rings. The molecule has 0 aromatic heterocycles. The Morgan fingerprint density at radius 2 is 2.56 bits per heavy atom. The molecule has 0 amide bonds. The highest BCUT2D eigenvalue weighted by Crippen LogP contribution is 2.14. The van der Waals surface area contributed by atoms with Crippen molar-refractivity contribution in [3.63, 3.8) is 0 Å². The van der Waals surface area contributed by atoms with E-state index in [-0.39, 0.29) is 0 Å². The van der Waals surface area contributed by atoms with Gasteiger partial charge in [-0.2, -0.15) is 0 Å². The first kappa shape index (κ1) is 6.64. The molecule has 1 nitrogen and oxygen atoms in total. The van der Waals surface area contributed by atoms with Crippen molar-refractivity contribution in [3.8, 4) is 11.8 Å². The molecule has 1 heterocycles. The zero-order valence-corrected chi connectivity index (χ0v) is 5.68. The van der Waals surface area contributed by atoms with E-state index >= 15 is 0 Å². The lowest BCUT2D eigenvalue weighted by atomic mass is 10.1. The predicted octanol–water partition coefficient (Wildman–Crippen LogP) is 1.39. The third-order valence-corrected chi connectivity index (χ3v) is 1.39. The van der Waals surface area contributed by atoms with Crippen LogP contribution in [0.2, 0.25) is 0 Å². The fourth-order valence-corrected chi connectivity index (χ4v) is 0.732. The van der Waals surface area contributed by atoms with E-state index in [0.717, 1.165) is 13.0 Å². The summed E-state index contributed by atoms with van der Waals surface area (Å²) in [6, 6.07) is 0. The predicted molar refractivity (Wildman–Crippen MR) is 36.7 cm³/mol. The van der Waals surface area contributed by atoms with Gasteiger partial charge in [0.2, 0.25) is 0 Å². The first-order valence-corrected chi connectivity index (χ1v) is 3.28. The van der Waals surface area contributed by atoms with Crippen LogP contribution in [0.1, 0.15) is 19.8 Å². The van der Waals surface area contributed by atoms with E-state index in [1.807, 2.05) is 6.92 Å². The molecule has 1 saturated heterocycles. The Labute approximate surface area is 56.4 Å². The van der Waals surface area contributed by atoms with Crippen LogP contribution in [-0.4, -0.2) is 12.7 Å². The standard InChI is InChI=1S/C8H11O/c1-2-3-4-5-8-6-7-9-8/h5,8H,4,6-7H2,1H3. The molecule has 0 saturated carbocycles. The quantitative estimate of drug-likeness (QED) is 0.504. The summed E-state index contributed by atoms with van der Waals surface area (Å²) in [4.78, 5) is 0. The molecule has 0 spiro atoms. The summed E-state index contributed by atoms with van der Waals surface area (Å²) in [6.45, 7) is 2.79. The van der Waals surface area contributed by atoms with E-state index < -0.39 is 0 Å². The van der Waals surface area contributed by atoms with Crippen molar-refractivity contribution in [2.24, 2.45) is 0 Å². The van der Waals surface area contributed by atoms with Crippen LogP contribution < -0.4 is 0 Å². The van der Waals surface area contributed by atoms with E-state index in [2.05, 4.69) is 18.3 Å². The average molecular weight is 123 g/mol. The minimum Gasteiger partial charge on any atom is -0.378 e. The highest BCUT2D eigenvalue weighted by molar-refractivity contribution is 5.01. The minimum atomic E-state index is 0.408. The lowest BCUT2D eigenvalue weighted by Crippen LogP contribution is -2.26. The van der Waals surface area contributed by atoms with Crippen LogP contribution in [0.3, 0.4) is 0 Å². The van der Waals surface area contributed by atoms with E-state index in [1.165, 1.54) is 6.42 Å². The number of ether oxygens (including phenoxy) is 1. The summed E-state index contributed by atoms with van der Waals surface area (Å²) < 4.78 is 5.15. The molecule has 1 radical (unpaired) electrons. The number of hydrogen-bond acceptors (Lipinski definition) is 1. The summed E-state index contributed by atoms with van der Waals surface area (Å²) in [5.74, 6) is 5.80. The first-order chi connectivity index (χ1) is 4.43. The molecule has 1 rings (SSSR count). The topological polar surface area (TPSA) is 9.23 Å². The van der Waals surface area contributed by atoms with Gasteiger partial charge in [0.25, 0.3) is 0 Å². The van der Waals surface area contributed by atoms with Crippen LogP contribution in [0.15, 0.2) is 0 Å². The Bertz CT molecular complexity index is 125. The molecule has 1 atom stereocenters. The lowest BCUT2D eigenvalue weighted by molar-refractivity contribution is -0.0295. The normalized spacial score (nSPS) is 23.9. The van der Waals surface area contributed by atoms with Crippen LogP contribution in [-0.2, 0) is 4.74 Å². The molecule has 9 heavy (non-hydrogen) atoms. The maximum absolute atomic E-state index is 5.15. The molecule has 0 N–H and O–H groups in total. The highest BCUT2D eigenvalue weighted by atomic mass is 16.5. The van der Waals surface area contributed by atoms with E-state index in [4.69, 9.17) is 4.74 Å². The summed E-state index contributed by atoms with van der Waals surface area (Å²) in [6.07, 6.45) is 4.60. The maximum atomic E-state index is 5.15. The monoisotopic (exact) mass is 123 g/mol. The Morgan fingerprint density at radius 3 is 3.00 bits per heavy atom.